The zero-order valence-corrected chi connectivity index (χ0v) is 23.5. The van der Waals surface area contributed by atoms with Crippen molar-refractivity contribution in [3.05, 3.63) is 52.9 Å². The van der Waals surface area contributed by atoms with Crippen LogP contribution in [0.5, 0.6) is 0 Å². The number of allylic oxidation sites excluding steroid dienone is 3. The van der Waals surface area contributed by atoms with Crippen molar-refractivity contribution in [3.63, 3.8) is 0 Å². The monoisotopic (exact) mass is 516 g/mol. The number of hydrogen-bond acceptors (Lipinski definition) is 5. The second kappa shape index (κ2) is 10.4. The lowest BCUT2D eigenvalue weighted by Gasteiger charge is -2.33. The normalized spacial score (nSPS) is 20.6. The summed E-state index contributed by atoms with van der Waals surface area (Å²) in [5.74, 6) is 1.55. The van der Waals surface area contributed by atoms with Gasteiger partial charge in [-0.15, -0.1) is 0 Å². The predicted molar refractivity (Wildman–Crippen MR) is 154 cm³/mol. The van der Waals surface area contributed by atoms with Crippen molar-refractivity contribution in [2.45, 2.75) is 83.8 Å². The number of ether oxygens (including phenoxy) is 2. The molecule has 7 heteroatoms. The SMILES string of the molecule is COC1=CC(c2[nH]c3ccc(C4CCN(C(=O)OC(C)(C)C)CC4)cc3c2C(C)C)=CCCC2N=CN=C12. The number of carbonyl (C=O) groups is 1. The largest absolute Gasteiger partial charge is 0.495 e. The summed E-state index contributed by atoms with van der Waals surface area (Å²) >= 11 is 0. The van der Waals surface area contributed by atoms with Crippen LogP contribution >= 0.6 is 0 Å². The van der Waals surface area contributed by atoms with E-state index in [9.17, 15) is 4.79 Å². The van der Waals surface area contributed by atoms with E-state index in [1.165, 1.54) is 16.5 Å². The molecular weight excluding hydrogens is 476 g/mol. The molecule has 0 saturated carbocycles. The molecule has 0 bridgehead atoms. The molecule has 1 amide bonds. The van der Waals surface area contributed by atoms with Crippen LogP contribution in [0.1, 0.15) is 89.0 Å². The van der Waals surface area contributed by atoms with E-state index in [4.69, 9.17) is 9.47 Å². The summed E-state index contributed by atoms with van der Waals surface area (Å²) in [6.07, 6.45) is 9.59. The Morgan fingerprint density at radius 1 is 1.16 bits per heavy atom. The number of nitrogens with zero attached hydrogens (tertiary/aromatic N) is 3. The Kier molecular flexibility index (Phi) is 7.21. The minimum atomic E-state index is -0.469. The third kappa shape index (κ3) is 5.29. The fourth-order valence-corrected chi connectivity index (χ4v) is 5.81. The molecule has 2 aliphatic heterocycles. The number of amides is 1. The Morgan fingerprint density at radius 2 is 1.92 bits per heavy atom. The molecule has 3 aliphatic rings. The van der Waals surface area contributed by atoms with Crippen molar-refractivity contribution < 1.29 is 14.3 Å². The first-order chi connectivity index (χ1) is 18.1. The van der Waals surface area contributed by atoms with E-state index in [0.29, 0.717) is 11.8 Å². The predicted octanol–water partition coefficient (Wildman–Crippen LogP) is 6.96. The van der Waals surface area contributed by atoms with Crippen molar-refractivity contribution in [3.8, 4) is 0 Å². The molecule has 5 rings (SSSR count). The molecule has 3 heterocycles. The number of aromatic amines is 1. The van der Waals surface area contributed by atoms with Crippen LogP contribution in [0.4, 0.5) is 4.79 Å². The first-order valence-corrected chi connectivity index (χ1v) is 13.8. The highest BCUT2D eigenvalue weighted by Gasteiger charge is 2.29. The summed E-state index contributed by atoms with van der Waals surface area (Å²) in [5.41, 5.74) is 6.56. The van der Waals surface area contributed by atoms with Crippen LogP contribution in [-0.2, 0) is 9.47 Å². The number of piperidine rings is 1. The molecule has 2 aromatic rings. The zero-order chi connectivity index (χ0) is 27.0. The van der Waals surface area contributed by atoms with Gasteiger partial charge in [-0.1, -0.05) is 26.0 Å². The van der Waals surface area contributed by atoms with Crippen molar-refractivity contribution in [2.24, 2.45) is 9.98 Å². The molecule has 1 N–H and O–H groups in total. The Morgan fingerprint density at radius 3 is 2.61 bits per heavy atom. The lowest BCUT2D eigenvalue weighted by atomic mass is 9.87. The van der Waals surface area contributed by atoms with Crippen molar-refractivity contribution in [1.82, 2.24) is 9.88 Å². The maximum absolute atomic E-state index is 12.5. The van der Waals surface area contributed by atoms with Crippen LogP contribution in [0, 0.1) is 0 Å². The summed E-state index contributed by atoms with van der Waals surface area (Å²) in [5, 5.41) is 1.27. The molecule has 202 valence electrons. The van der Waals surface area contributed by atoms with Gasteiger partial charge in [0.25, 0.3) is 0 Å². The molecule has 1 saturated heterocycles. The number of nitrogens with one attached hydrogen (secondary N) is 1. The quantitative estimate of drug-likeness (QED) is 0.477. The van der Waals surface area contributed by atoms with E-state index >= 15 is 0 Å². The van der Waals surface area contributed by atoms with E-state index < -0.39 is 5.60 Å². The molecule has 1 aromatic carbocycles. The minimum Gasteiger partial charge on any atom is -0.495 e. The number of hydrogen-bond donors (Lipinski definition) is 1. The summed E-state index contributed by atoms with van der Waals surface area (Å²) in [4.78, 5) is 27.1. The van der Waals surface area contributed by atoms with Gasteiger partial charge in [-0.25, -0.2) is 9.79 Å². The van der Waals surface area contributed by atoms with Gasteiger partial charge in [0.1, 0.15) is 23.4 Å². The van der Waals surface area contributed by atoms with E-state index in [0.717, 1.165) is 67.0 Å². The van der Waals surface area contributed by atoms with E-state index in [1.807, 2.05) is 25.7 Å². The minimum absolute atomic E-state index is 0.0792. The average Bonchev–Trinajstić information content (AvgIpc) is 3.47. The van der Waals surface area contributed by atoms with Crippen molar-refractivity contribution >= 4 is 34.6 Å². The third-order valence-electron chi connectivity index (χ3n) is 7.67. The summed E-state index contributed by atoms with van der Waals surface area (Å²) < 4.78 is 11.4. The Balaban J connectivity index is 1.43. The van der Waals surface area contributed by atoms with E-state index in [2.05, 4.69) is 59.2 Å². The number of methoxy groups -OCH3 is 1. The lowest BCUT2D eigenvalue weighted by molar-refractivity contribution is 0.0205. The molecule has 1 unspecified atom stereocenters. The van der Waals surface area contributed by atoms with Gasteiger partial charge in [-0.2, -0.15) is 0 Å². The number of benzene rings is 1. The molecule has 7 nitrogen and oxygen atoms in total. The number of H-pyrrole nitrogens is 1. The van der Waals surface area contributed by atoms with Crippen LogP contribution in [0.3, 0.4) is 0 Å². The van der Waals surface area contributed by atoms with E-state index in [-0.39, 0.29) is 12.1 Å². The first-order valence-electron chi connectivity index (χ1n) is 13.8. The van der Waals surface area contributed by atoms with Gasteiger partial charge in [-0.3, -0.25) is 4.99 Å². The van der Waals surface area contributed by atoms with Gasteiger partial charge in [0, 0.05) is 29.7 Å². The van der Waals surface area contributed by atoms with E-state index in [1.54, 1.807) is 13.4 Å². The number of rotatable bonds is 4. The van der Waals surface area contributed by atoms with Crippen molar-refractivity contribution in [2.75, 3.05) is 20.2 Å². The second-order valence-corrected chi connectivity index (χ2v) is 11.9. The van der Waals surface area contributed by atoms with Gasteiger partial charge in [0.2, 0.25) is 0 Å². The van der Waals surface area contributed by atoms with Gasteiger partial charge >= 0.3 is 6.09 Å². The smallest absolute Gasteiger partial charge is 0.410 e. The standard InChI is InChI=1S/C31H40N4O3/c1-19(2)27-23-16-21(20-12-14-35(15-13-20)30(36)38-31(3,4)5)10-11-24(23)34-28(27)22-8-7-9-25-29(33-18-32-25)26(17-22)37-6/h8,10-11,16-20,25,34H,7,9,12-15H2,1-6H3. The fourth-order valence-electron chi connectivity index (χ4n) is 5.81. The molecular formula is C31H40N4O3. The number of fused-ring (bicyclic) bond motifs is 2. The van der Waals surface area contributed by atoms with Gasteiger partial charge in [-0.05, 0) is 93.2 Å². The van der Waals surface area contributed by atoms with Gasteiger partial charge < -0.3 is 19.4 Å². The Labute approximate surface area is 225 Å². The van der Waals surface area contributed by atoms with Crippen LogP contribution < -0.4 is 0 Å². The topological polar surface area (TPSA) is 79.3 Å². The van der Waals surface area contributed by atoms with Gasteiger partial charge in [0.15, 0.2) is 0 Å². The molecule has 0 spiro atoms. The number of carbonyl (C=O) groups excluding carboxylic acids is 1. The fraction of sp³-hybridized carbons (Fsp3) is 0.516. The summed E-state index contributed by atoms with van der Waals surface area (Å²) in [6.45, 7) is 11.7. The molecule has 1 fully saturated rings. The number of aliphatic imine (C=N–C) groups is 2. The molecule has 38 heavy (non-hydrogen) atoms. The van der Waals surface area contributed by atoms with Crippen LogP contribution in [-0.4, -0.2) is 59.9 Å². The number of likely N-dealkylation sites (tertiary alicyclic amines) is 1. The second-order valence-electron chi connectivity index (χ2n) is 11.9. The van der Waals surface area contributed by atoms with Crippen LogP contribution in [0.15, 0.2) is 46.1 Å². The van der Waals surface area contributed by atoms with Crippen LogP contribution in [0.2, 0.25) is 0 Å². The maximum Gasteiger partial charge on any atom is 0.410 e. The Bertz CT molecular complexity index is 1330. The molecule has 1 aliphatic carbocycles. The molecule has 1 atom stereocenters. The summed E-state index contributed by atoms with van der Waals surface area (Å²) in [6, 6.07) is 6.91. The van der Waals surface area contributed by atoms with Crippen molar-refractivity contribution in [1.29, 1.82) is 0 Å². The Hall–Kier alpha value is -3.35. The van der Waals surface area contributed by atoms with Gasteiger partial charge in [0.05, 0.1) is 13.2 Å². The molecule has 0 radical (unpaired) electrons. The maximum atomic E-state index is 12.5. The zero-order valence-electron chi connectivity index (χ0n) is 23.5. The highest BCUT2D eigenvalue weighted by molar-refractivity contribution is 6.10. The third-order valence-corrected chi connectivity index (χ3v) is 7.67. The van der Waals surface area contributed by atoms with Crippen LogP contribution in [0.25, 0.3) is 16.5 Å². The average molecular weight is 517 g/mol. The first kappa shape index (κ1) is 26.3. The molecule has 1 aromatic heterocycles. The summed E-state index contributed by atoms with van der Waals surface area (Å²) in [7, 11) is 1.71. The lowest BCUT2D eigenvalue weighted by Crippen LogP contribution is -2.41. The number of aromatic nitrogens is 1. The highest BCUT2D eigenvalue weighted by atomic mass is 16.6. The highest BCUT2D eigenvalue weighted by Crippen LogP contribution is 2.38.